The molecule has 0 aliphatic heterocycles. The third-order valence-electron chi connectivity index (χ3n) is 9.35. The Hall–Kier alpha value is -7.06. The predicted molar refractivity (Wildman–Crippen MR) is 237 cm³/mol. The molecule has 0 fully saturated rings. The summed E-state index contributed by atoms with van der Waals surface area (Å²) in [6.45, 7) is 0. The van der Waals surface area contributed by atoms with Gasteiger partial charge in [-0.3, -0.25) is 9.11 Å². The molecule has 0 unspecified atom stereocenters. The number of ether oxygens (including phenoxy) is 1. The molecule has 342 valence electrons. The van der Waals surface area contributed by atoms with Gasteiger partial charge in [0.25, 0.3) is 20.2 Å². The Morgan fingerprint density at radius 1 is 0.612 bits per heavy atom. The lowest BCUT2D eigenvalue weighted by molar-refractivity contribution is -0.432. The zero-order chi connectivity index (χ0) is 47.5. The summed E-state index contributed by atoms with van der Waals surface area (Å²) < 4.78 is 82.5. The quantitative estimate of drug-likeness (QED) is 0.0172. The largest absolute Gasteiger partial charge is 0.506 e. The minimum Gasteiger partial charge on any atom is -0.506 e. The highest BCUT2D eigenvalue weighted by molar-refractivity contribution is 7.95. The second-order valence-electron chi connectivity index (χ2n) is 13.4. The number of hydrogen-bond acceptors (Lipinski definition) is 23. The van der Waals surface area contributed by atoms with Crippen molar-refractivity contribution < 1.29 is 70.1 Å². The first kappa shape index (κ1) is 46.5. The third-order valence-corrected chi connectivity index (χ3v) is 12.3. The van der Waals surface area contributed by atoms with Gasteiger partial charge in [-0.25, -0.2) is 10.5 Å². The number of phenols is 2. The summed E-state index contributed by atoms with van der Waals surface area (Å²) in [5.74, 6) is -0.663. The van der Waals surface area contributed by atoms with E-state index in [-0.39, 0.29) is 66.3 Å². The summed E-state index contributed by atoms with van der Waals surface area (Å²) in [6, 6.07) is 26.3. The van der Waals surface area contributed by atoms with E-state index in [0.717, 1.165) is 22.9 Å². The summed E-state index contributed by atoms with van der Waals surface area (Å²) in [5.41, 5.74) is 1.86. The van der Waals surface area contributed by atoms with Crippen LogP contribution in [0.15, 0.2) is 159 Å². The SMILES string of the molecule is COc1cc(N=Nc2c(SOOO)cc3cc(-n4nc5ccc6c(S(=O)(=O)O)cc(S(=O)(=O)O)cc6c5n4)ccc3c2O)c(O)cc1N=Nc1ccc(N=Nc2ccc(SOOO)cc2)cc1. The molecule has 0 atom stereocenters. The lowest BCUT2D eigenvalue weighted by atomic mass is 10.1. The topological polar surface area (TPSA) is 341 Å². The van der Waals surface area contributed by atoms with Crippen LogP contribution in [0.2, 0.25) is 0 Å². The first-order valence-electron chi connectivity index (χ1n) is 18.4. The molecule has 8 rings (SSSR count). The minimum absolute atomic E-state index is 0.0155. The van der Waals surface area contributed by atoms with E-state index in [0.29, 0.717) is 45.5 Å². The second-order valence-corrected chi connectivity index (χ2v) is 17.8. The van der Waals surface area contributed by atoms with Gasteiger partial charge >= 0.3 is 0 Å². The van der Waals surface area contributed by atoms with Crippen LogP contribution in [0.5, 0.6) is 17.2 Å². The maximum absolute atomic E-state index is 12.2. The molecule has 0 saturated heterocycles. The van der Waals surface area contributed by atoms with Crippen LogP contribution in [-0.4, -0.2) is 68.8 Å². The van der Waals surface area contributed by atoms with Crippen molar-refractivity contribution in [3.8, 4) is 22.9 Å². The van der Waals surface area contributed by atoms with Crippen molar-refractivity contribution >= 4 is 111 Å². The van der Waals surface area contributed by atoms with Crippen LogP contribution in [-0.2, 0) is 39.0 Å². The van der Waals surface area contributed by atoms with Gasteiger partial charge in [-0.1, -0.05) is 16.1 Å². The lowest BCUT2D eigenvalue weighted by Gasteiger charge is -2.10. The van der Waals surface area contributed by atoms with Crippen LogP contribution in [0.25, 0.3) is 38.3 Å². The van der Waals surface area contributed by atoms with Crippen LogP contribution >= 0.6 is 24.1 Å². The fraction of sp³-hybridized carbons (Fsp3) is 0.0256. The van der Waals surface area contributed by atoms with Crippen molar-refractivity contribution in [2.75, 3.05) is 7.11 Å². The standard InChI is InChI=1S/C39H27N9O15S4/c1-59-34-19-31(33(49)18-32(34)44-42-22-4-2-21(3-5-22)40-41-23-6-9-25(10-7-23)64-62-60-51)43-45-38-35(65-63-61-52)15-20-14-24(8-11-27(20)39(38)50)48-46-30-13-12-28-29(37(30)47-48)16-26(66(53,54)55)17-36(28)67(56,57)58/h2-19,49-52H,1H3,(H,53,54,55)(H,56,57,58). The first-order valence-corrected chi connectivity index (χ1v) is 22.7. The molecule has 8 aromatic rings. The number of nitrogens with zero attached hydrogens (tertiary/aromatic N) is 9. The van der Waals surface area contributed by atoms with Crippen LogP contribution < -0.4 is 4.74 Å². The maximum atomic E-state index is 12.2. The minimum atomic E-state index is -4.96. The van der Waals surface area contributed by atoms with E-state index in [1.807, 2.05) is 0 Å². The highest BCUT2D eigenvalue weighted by Crippen LogP contribution is 2.46. The predicted octanol–water partition coefficient (Wildman–Crippen LogP) is 10.7. The fourth-order valence-electron chi connectivity index (χ4n) is 6.31. The summed E-state index contributed by atoms with van der Waals surface area (Å²) >= 11 is 1.26. The molecule has 7 aromatic carbocycles. The Bertz CT molecular complexity index is 3520. The van der Waals surface area contributed by atoms with E-state index in [4.69, 9.17) is 15.3 Å². The molecule has 0 amide bonds. The number of phenolic OH excluding ortho intramolecular Hbond substituents is 2. The summed E-state index contributed by atoms with van der Waals surface area (Å²) in [7, 11) is -8.52. The van der Waals surface area contributed by atoms with Crippen LogP contribution in [0.3, 0.4) is 0 Å². The van der Waals surface area contributed by atoms with Crippen molar-refractivity contribution in [1.82, 2.24) is 15.0 Å². The fourth-order valence-corrected chi connectivity index (χ4v) is 8.51. The zero-order valence-electron chi connectivity index (χ0n) is 33.4. The Labute approximate surface area is 384 Å². The highest BCUT2D eigenvalue weighted by atomic mass is 32.2. The molecule has 24 nitrogen and oxygen atoms in total. The molecule has 0 aliphatic rings. The van der Waals surface area contributed by atoms with Crippen molar-refractivity contribution in [3.63, 3.8) is 0 Å². The van der Waals surface area contributed by atoms with Crippen LogP contribution in [0.1, 0.15) is 0 Å². The molecule has 0 spiro atoms. The van der Waals surface area contributed by atoms with E-state index in [1.165, 1.54) is 55.6 Å². The Kier molecular flexibility index (Phi) is 13.5. The molecule has 28 heteroatoms. The molecule has 0 bridgehead atoms. The number of hydrogen-bond donors (Lipinski definition) is 6. The van der Waals surface area contributed by atoms with Gasteiger partial charge < -0.3 is 14.9 Å². The van der Waals surface area contributed by atoms with Crippen LogP contribution in [0, 0.1) is 0 Å². The van der Waals surface area contributed by atoms with Gasteiger partial charge in [-0.15, -0.1) is 34.2 Å². The van der Waals surface area contributed by atoms with Gasteiger partial charge in [-0.2, -0.15) is 37.0 Å². The van der Waals surface area contributed by atoms with E-state index in [2.05, 4.69) is 59.6 Å². The Morgan fingerprint density at radius 2 is 1.24 bits per heavy atom. The van der Waals surface area contributed by atoms with E-state index >= 15 is 0 Å². The number of fused-ring (bicyclic) bond motifs is 4. The number of rotatable bonds is 16. The van der Waals surface area contributed by atoms with Gasteiger partial charge in [0.2, 0.25) is 0 Å². The van der Waals surface area contributed by atoms with E-state index < -0.39 is 35.8 Å². The summed E-state index contributed by atoms with van der Waals surface area (Å²) in [4.78, 5) is 0.279. The Morgan fingerprint density at radius 3 is 1.88 bits per heavy atom. The Balaban J connectivity index is 1.05. The third kappa shape index (κ3) is 10.3. The summed E-state index contributed by atoms with van der Waals surface area (Å²) in [5, 5.41) is 81.3. The number of aromatic hydroxyl groups is 2. The van der Waals surface area contributed by atoms with Gasteiger partial charge in [0.05, 0.1) is 63.7 Å². The average molecular weight is 990 g/mol. The molecule has 0 saturated carbocycles. The van der Waals surface area contributed by atoms with Crippen molar-refractivity contribution in [2.45, 2.75) is 19.6 Å². The monoisotopic (exact) mass is 989 g/mol. The smallest absolute Gasteiger partial charge is 0.295 e. The maximum Gasteiger partial charge on any atom is 0.295 e. The first-order chi connectivity index (χ1) is 32.1. The number of benzene rings is 7. The highest BCUT2D eigenvalue weighted by Gasteiger charge is 2.23. The van der Waals surface area contributed by atoms with Crippen molar-refractivity contribution in [2.24, 2.45) is 30.7 Å². The van der Waals surface area contributed by atoms with E-state index in [1.54, 1.807) is 48.5 Å². The molecule has 67 heavy (non-hydrogen) atoms. The second kappa shape index (κ2) is 19.4. The molecule has 1 aromatic heterocycles. The number of azo groups is 3. The van der Waals surface area contributed by atoms with Gasteiger partial charge in [0, 0.05) is 33.2 Å². The molecular weight excluding hydrogens is 963 g/mol. The van der Waals surface area contributed by atoms with Gasteiger partial charge in [-0.05, 0) is 96.4 Å². The lowest BCUT2D eigenvalue weighted by Crippen LogP contribution is -2.04. The summed E-state index contributed by atoms with van der Waals surface area (Å²) in [6.07, 6.45) is 0. The molecule has 0 aliphatic carbocycles. The molecule has 6 N–H and O–H groups in total. The van der Waals surface area contributed by atoms with Crippen LogP contribution in [0.4, 0.5) is 34.1 Å². The number of aromatic nitrogens is 3. The molecule has 1 heterocycles. The zero-order valence-corrected chi connectivity index (χ0v) is 36.7. The van der Waals surface area contributed by atoms with Crippen molar-refractivity contribution in [3.05, 3.63) is 109 Å². The molecule has 0 radical (unpaired) electrons. The van der Waals surface area contributed by atoms with Crippen molar-refractivity contribution in [1.29, 1.82) is 0 Å². The number of methoxy groups -OCH3 is 1. The molecular formula is C39H27N9O15S4. The normalized spacial score (nSPS) is 12.5. The van der Waals surface area contributed by atoms with Gasteiger partial charge in [0.1, 0.15) is 44.5 Å². The van der Waals surface area contributed by atoms with E-state index in [9.17, 15) is 36.2 Å². The van der Waals surface area contributed by atoms with Gasteiger partial charge in [0.15, 0.2) is 5.75 Å². The average Bonchev–Trinajstić information content (AvgIpc) is 3.76.